The maximum absolute atomic E-state index is 5.92. The zero-order chi connectivity index (χ0) is 21.5. The smallest absolute Gasteiger partial charge is 0.119 e. The van der Waals surface area contributed by atoms with E-state index in [2.05, 4.69) is 72.2 Å². The highest BCUT2D eigenvalue weighted by atomic mass is 16.5. The van der Waals surface area contributed by atoms with Gasteiger partial charge in [0.1, 0.15) is 17.3 Å². The van der Waals surface area contributed by atoms with E-state index in [4.69, 9.17) is 14.5 Å². The molecule has 31 heavy (non-hydrogen) atoms. The zero-order valence-corrected chi connectivity index (χ0v) is 18.4. The summed E-state index contributed by atoms with van der Waals surface area (Å²) in [5.74, 6) is 2.93. The number of rotatable bonds is 10. The highest BCUT2D eigenvalue weighted by Gasteiger charge is 2.11. The first-order valence-corrected chi connectivity index (χ1v) is 11.1. The minimum atomic E-state index is 0.728. The van der Waals surface area contributed by atoms with Gasteiger partial charge in [-0.05, 0) is 66.8 Å². The largest absolute Gasteiger partial charge is 0.497 e. The fourth-order valence-electron chi connectivity index (χ4n) is 3.82. The zero-order valence-electron chi connectivity index (χ0n) is 18.4. The second-order valence-electron chi connectivity index (χ2n) is 7.75. The number of methoxy groups -OCH3 is 1. The molecule has 4 rings (SSSR count). The third-order valence-corrected chi connectivity index (χ3v) is 5.63. The van der Waals surface area contributed by atoms with Crippen molar-refractivity contribution < 1.29 is 9.47 Å². The van der Waals surface area contributed by atoms with Crippen molar-refractivity contribution in [2.24, 2.45) is 0 Å². The van der Waals surface area contributed by atoms with Gasteiger partial charge < -0.3 is 14.0 Å². The normalized spacial score (nSPS) is 11.0. The Kier molecular flexibility index (Phi) is 6.88. The number of aromatic nitrogens is 2. The Morgan fingerprint density at radius 2 is 1.52 bits per heavy atom. The summed E-state index contributed by atoms with van der Waals surface area (Å²) < 4.78 is 13.6. The molecule has 3 aromatic carbocycles. The van der Waals surface area contributed by atoms with Gasteiger partial charge in [-0.15, -0.1) is 0 Å². The molecule has 0 amide bonds. The van der Waals surface area contributed by atoms with E-state index < -0.39 is 0 Å². The Morgan fingerprint density at radius 3 is 2.26 bits per heavy atom. The molecule has 0 saturated carbocycles. The van der Waals surface area contributed by atoms with E-state index in [9.17, 15) is 0 Å². The Hall–Kier alpha value is -3.27. The van der Waals surface area contributed by atoms with Crippen molar-refractivity contribution in [3.05, 3.63) is 89.7 Å². The quantitative estimate of drug-likeness (QED) is 0.296. The lowest BCUT2D eigenvalue weighted by molar-refractivity contribution is 0.303. The molecule has 1 heterocycles. The standard InChI is InChI=1S/C27H30N2O2/c1-3-21-10-16-24(17-11-21)31-19-7-6-18-29-26-9-5-4-8-25(26)28-27(29)20-22-12-14-23(30-2)15-13-22/h4-5,8-17H,3,6-7,18-20H2,1-2H3. The van der Waals surface area contributed by atoms with E-state index >= 15 is 0 Å². The first-order valence-electron chi connectivity index (χ1n) is 11.1. The molecule has 1 aromatic heterocycles. The summed E-state index contributed by atoms with van der Waals surface area (Å²) in [5, 5.41) is 0. The van der Waals surface area contributed by atoms with Crippen molar-refractivity contribution in [3.8, 4) is 11.5 Å². The lowest BCUT2D eigenvalue weighted by atomic mass is 10.1. The topological polar surface area (TPSA) is 36.3 Å². The van der Waals surface area contributed by atoms with Crippen LogP contribution in [-0.2, 0) is 19.4 Å². The first kappa shape index (κ1) is 21.0. The van der Waals surface area contributed by atoms with Crippen molar-refractivity contribution in [2.45, 2.75) is 39.2 Å². The van der Waals surface area contributed by atoms with Crippen LogP contribution in [0.25, 0.3) is 11.0 Å². The van der Waals surface area contributed by atoms with Crippen molar-refractivity contribution in [3.63, 3.8) is 0 Å². The molecule has 0 N–H and O–H groups in total. The average Bonchev–Trinajstić information content (AvgIpc) is 3.16. The highest BCUT2D eigenvalue weighted by molar-refractivity contribution is 5.76. The number of nitrogens with zero attached hydrogens (tertiary/aromatic N) is 2. The number of ether oxygens (including phenoxy) is 2. The van der Waals surface area contributed by atoms with E-state index in [1.54, 1.807) is 7.11 Å². The van der Waals surface area contributed by atoms with Crippen molar-refractivity contribution >= 4 is 11.0 Å². The molecule has 0 unspecified atom stereocenters. The highest BCUT2D eigenvalue weighted by Crippen LogP contribution is 2.21. The molecular formula is C27H30N2O2. The molecule has 160 valence electrons. The van der Waals surface area contributed by atoms with Gasteiger partial charge in [0.25, 0.3) is 0 Å². The molecule has 4 heteroatoms. The fourth-order valence-corrected chi connectivity index (χ4v) is 3.82. The van der Waals surface area contributed by atoms with E-state index in [1.165, 1.54) is 16.6 Å². The average molecular weight is 415 g/mol. The molecule has 4 aromatic rings. The fraction of sp³-hybridized carbons (Fsp3) is 0.296. The van der Waals surface area contributed by atoms with Gasteiger partial charge in [0.2, 0.25) is 0 Å². The molecular weight excluding hydrogens is 384 g/mol. The minimum Gasteiger partial charge on any atom is -0.497 e. The molecule has 0 spiro atoms. The third-order valence-electron chi connectivity index (χ3n) is 5.63. The predicted octanol–water partition coefficient (Wildman–Crippen LogP) is 6.06. The molecule has 0 aliphatic carbocycles. The van der Waals surface area contributed by atoms with E-state index in [0.717, 1.165) is 61.7 Å². The van der Waals surface area contributed by atoms with Gasteiger partial charge in [0.15, 0.2) is 0 Å². The molecule has 0 aliphatic heterocycles. The number of aryl methyl sites for hydroxylation is 2. The number of hydrogen-bond donors (Lipinski definition) is 0. The minimum absolute atomic E-state index is 0.728. The lowest BCUT2D eigenvalue weighted by Crippen LogP contribution is -2.07. The summed E-state index contributed by atoms with van der Waals surface area (Å²) >= 11 is 0. The number of imidazole rings is 1. The number of para-hydroxylation sites is 2. The van der Waals surface area contributed by atoms with Crippen LogP contribution in [-0.4, -0.2) is 23.3 Å². The summed E-state index contributed by atoms with van der Waals surface area (Å²) in [6.45, 7) is 3.83. The Morgan fingerprint density at radius 1 is 0.806 bits per heavy atom. The van der Waals surface area contributed by atoms with Crippen LogP contribution in [0.5, 0.6) is 11.5 Å². The molecule has 0 aliphatic rings. The number of benzene rings is 3. The van der Waals surface area contributed by atoms with Gasteiger partial charge >= 0.3 is 0 Å². The number of unbranched alkanes of at least 4 members (excludes halogenated alkanes) is 1. The summed E-state index contributed by atoms with van der Waals surface area (Å²) in [4.78, 5) is 4.91. The molecule has 0 radical (unpaired) electrons. The Bertz CT molecular complexity index is 1100. The molecule has 0 fully saturated rings. The third kappa shape index (κ3) is 5.26. The Balaban J connectivity index is 1.39. The van der Waals surface area contributed by atoms with Gasteiger partial charge in [-0.25, -0.2) is 4.98 Å². The van der Waals surface area contributed by atoms with Gasteiger partial charge in [0.05, 0.1) is 24.8 Å². The second kappa shape index (κ2) is 10.2. The van der Waals surface area contributed by atoms with Crippen LogP contribution in [0.4, 0.5) is 0 Å². The van der Waals surface area contributed by atoms with Crippen LogP contribution in [0.3, 0.4) is 0 Å². The van der Waals surface area contributed by atoms with Crippen LogP contribution in [0.1, 0.15) is 36.7 Å². The van der Waals surface area contributed by atoms with Crippen LogP contribution in [0.2, 0.25) is 0 Å². The molecule has 0 atom stereocenters. The molecule has 0 saturated heterocycles. The van der Waals surface area contributed by atoms with Gasteiger partial charge in [-0.2, -0.15) is 0 Å². The molecule has 4 nitrogen and oxygen atoms in total. The van der Waals surface area contributed by atoms with Crippen LogP contribution >= 0.6 is 0 Å². The van der Waals surface area contributed by atoms with Crippen molar-refractivity contribution in [1.29, 1.82) is 0 Å². The van der Waals surface area contributed by atoms with Crippen LogP contribution in [0, 0.1) is 0 Å². The van der Waals surface area contributed by atoms with Crippen molar-refractivity contribution in [2.75, 3.05) is 13.7 Å². The van der Waals surface area contributed by atoms with Crippen molar-refractivity contribution in [1.82, 2.24) is 9.55 Å². The summed E-state index contributed by atoms with van der Waals surface area (Å²) in [6.07, 6.45) is 3.91. The van der Waals surface area contributed by atoms with E-state index in [0.29, 0.717) is 0 Å². The van der Waals surface area contributed by atoms with Crippen LogP contribution in [0.15, 0.2) is 72.8 Å². The van der Waals surface area contributed by atoms with E-state index in [-0.39, 0.29) is 0 Å². The Labute approximate surface area is 184 Å². The van der Waals surface area contributed by atoms with Crippen LogP contribution < -0.4 is 9.47 Å². The number of hydrogen-bond acceptors (Lipinski definition) is 3. The summed E-state index contributed by atoms with van der Waals surface area (Å²) in [5.41, 5.74) is 4.82. The number of fused-ring (bicyclic) bond motifs is 1. The summed E-state index contributed by atoms with van der Waals surface area (Å²) in [6, 6.07) is 25.0. The summed E-state index contributed by atoms with van der Waals surface area (Å²) in [7, 11) is 1.69. The monoisotopic (exact) mass is 414 g/mol. The second-order valence-corrected chi connectivity index (χ2v) is 7.75. The van der Waals surface area contributed by atoms with Gasteiger partial charge in [0, 0.05) is 13.0 Å². The van der Waals surface area contributed by atoms with Gasteiger partial charge in [-0.3, -0.25) is 0 Å². The first-order chi connectivity index (χ1) is 15.3. The predicted molar refractivity (Wildman–Crippen MR) is 126 cm³/mol. The molecule has 0 bridgehead atoms. The van der Waals surface area contributed by atoms with E-state index in [1.807, 2.05) is 12.1 Å². The lowest BCUT2D eigenvalue weighted by Gasteiger charge is -2.11. The SMILES string of the molecule is CCc1ccc(OCCCCn2c(Cc3ccc(OC)cc3)nc3ccccc32)cc1. The maximum atomic E-state index is 5.92. The van der Waals surface area contributed by atoms with Gasteiger partial charge in [-0.1, -0.05) is 43.3 Å². The maximum Gasteiger partial charge on any atom is 0.119 e.